The normalized spacial score (nSPS) is 18.7. The molecule has 0 bridgehead atoms. The highest BCUT2D eigenvalue weighted by Gasteiger charge is 2.31. The average molecular weight is 369 g/mol. The minimum atomic E-state index is 0.263. The van der Waals surface area contributed by atoms with Crippen LogP contribution in [0.2, 0.25) is 0 Å². The Bertz CT molecular complexity index is 956. The van der Waals surface area contributed by atoms with E-state index in [-0.39, 0.29) is 5.69 Å². The Kier molecular flexibility index (Phi) is 4.10. The van der Waals surface area contributed by atoms with E-state index in [2.05, 4.69) is 25.1 Å². The van der Waals surface area contributed by atoms with E-state index in [4.69, 9.17) is 13.8 Å². The Labute approximate surface area is 154 Å². The molecule has 9 nitrogen and oxygen atoms in total. The molecule has 0 radical (unpaired) electrons. The third-order valence-electron chi connectivity index (χ3n) is 5.15. The highest BCUT2D eigenvalue weighted by molar-refractivity contribution is 5.92. The molecule has 2 aliphatic rings. The summed E-state index contributed by atoms with van der Waals surface area (Å²) in [5.74, 6) is 0.999. The third-order valence-corrected chi connectivity index (χ3v) is 5.15. The van der Waals surface area contributed by atoms with Crippen LogP contribution in [0.5, 0.6) is 0 Å². The second kappa shape index (κ2) is 6.75. The summed E-state index contributed by atoms with van der Waals surface area (Å²) in [5, 5.41) is 8.03. The molecule has 27 heavy (non-hydrogen) atoms. The summed E-state index contributed by atoms with van der Waals surface area (Å²) in [6.07, 6.45) is 2.00. The van der Waals surface area contributed by atoms with E-state index in [9.17, 15) is 4.79 Å². The minimum Gasteiger partial charge on any atom is -0.444 e. The highest BCUT2D eigenvalue weighted by Crippen LogP contribution is 2.35. The molecule has 3 aromatic rings. The van der Waals surface area contributed by atoms with Crippen molar-refractivity contribution in [3.8, 4) is 11.5 Å². The summed E-state index contributed by atoms with van der Waals surface area (Å²) in [5.41, 5.74) is 3.33. The van der Waals surface area contributed by atoms with Gasteiger partial charge in [-0.2, -0.15) is 0 Å². The third kappa shape index (κ3) is 3.08. The molecular formula is C18H19N5O4. The number of carbonyl (C=O) groups is 1. The lowest BCUT2D eigenvalue weighted by Crippen LogP contribution is -2.53. The van der Waals surface area contributed by atoms with Gasteiger partial charge in [-0.3, -0.25) is 9.69 Å². The Hall–Kier alpha value is -2.78. The van der Waals surface area contributed by atoms with Crippen molar-refractivity contribution >= 4 is 23.0 Å². The number of aldehydes is 1. The quantitative estimate of drug-likeness (QED) is 0.619. The van der Waals surface area contributed by atoms with Crippen LogP contribution in [0.3, 0.4) is 0 Å². The van der Waals surface area contributed by atoms with Crippen molar-refractivity contribution in [2.75, 3.05) is 50.8 Å². The van der Waals surface area contributed by atoms with E-state index in [0.717, 1.165) is 62.7 Å². The Balaban J connectivity index is 1.37. The van der Waals surface area contributed by atoms with Crippen LogP contribution in [0.4, 0.5) is 5.69 Å². The number of oxazole rings is 1. The highest BCUT2D eigenvalue weighted by atomic mass is 16.6. The predicted octanol–water partition coefficient (Wildman–Crippen LogP) is 1.46. The smallest absolute Gasteiger partial charge is 0.226 e. The maximum absolute atomic E-state index is 10.9. The number of anilines is 1. The van der Waals surface area contributed by atoms with Gasteiger partial charge in [-0.05, 0) is 22.4 Å². The summed E-state index contributed by atoms with van der Waals surface area (Å²) >= 11 is 0. The van der Waals surface area contributed by atoms with Crippen LogP contribution in [0.15, 0.2) is 27.4 Å². The fourth-order valence-corrected chi connectivity index (χ4v) is 3.74. The number of rotatable bonds is 5. The molecule has 0 atom stereocenters. The SMILES string of the molecule is O=Cc1coc(-c2cc(N3CC(CN4CCOCC4)C3)c3nonc3c2)n1. The molecule has 1 aromatic carbocycles. The molecule has 0 spiro atoms. The second-order valence-corrected chi connectivity index (χ2v) is 7.01. The lowest BCUT2D eigenvalue weighted by atomic mass is 9.97. The standard InChI is InChI=1S/C18H19N5O4/c24-10-14-11-26-18(19-14)13-5-15-17(21-27-20-15)16(6-13)23-8-12(9-23)7-22-1-3-25-4-2-22/h5-6,10-12H,1-4,7-9H2. The Morgan fingerprint density at radius 2 is 2.04 bits per heavy atom. The van der Waals surface area contributed by atoms with Crippen LogP contribution >= 0.6 is 0 Å². The van der Waals surface area contributed by atoms with Gasteiger partial charge in [0.05, 0.1) is 18.9 Å². The second-order valence-electron chi connectivity index (χ2n) is 7.01. The summed E-state index contributed by atoms with van der Waals surface area (Å²) in [7, 11) is 0. The first-order valence-electron chi connectivity index (χ1n) is 9.02. The first-order chi connectivity index (χ1) is 13.3. The molecule has 2 saturated heterocycles. The molecular weight excluding hydrogens is 350 g/mol. The summed E-state index contributed by atoms with van der Waals surface area (Å²) in [6, 6.07) is 3.78. The van der Waals surface area contributed by atoms with Gasteiger partial charge in [-0.1, -0.05) is 0 Å². The van der Waals surface area contributed by atoms with Gasteiger partial charge >= 0.3 is 0 Å². The number of hydrogen-bond acceptors (Lipinski definition) is 9. The first kappa shape index (κ1) is 16.4. The maximum atomic E-state index is 10.9. The van der Waals surface area contributed by atoms with Gasteiger partial charge in [0.1, 0.15) is 17.5 Å². The van der Waals surface area contributed by atoms with Crippen LogP contribution in [-0.4, -0.2) is 72.4 Å². The van der Waals surface area contributed by atoms with Gasteiger partial charge in [0.25, 0.3) is 0 Å². The van der Waals surface area contributed by atoms with Crippen molar-refractivity contribution in [3.63, 3.8) is 0 Å². The van der Waals surface area contributed by atoms with Crippen LogP contribution < -0.4 is 4.90 Å². The van der Waals surface area contributed by atoms with Crippen molar-refractivity contribution in [3.05, 3.63) is 24.1 Å². The van der Waals surface area contributed by atoms with Gasteiger partial charge in [-0.15, -0.1) is 0 Å². The zero-order valence-electron chi connectivity index (χ0n) is 14.7. The molecule has 0 saturated carbocycles. The number of morpholine rings is 1. The van der Waals surface area contributed by atoms with Gasteiger partial charge in [0, 0.05) is 44.2 Å². The molecule has 4 heterocycles. The summed E-state index contributed by atoms with van der Waals surface area (Å²) in [4.78, 5) is 19.8. The molecule has 2 fully saturated rings. The van der Waals surface area contributed by atoms with E-state index in [0.29, 0.717) is 23.6 Å². The van der Waals surface area contributed by atoms with E-state index < -0.39 is 0 Å². The average Bonchev–Trinajstić information content (AvgIpc) is 3.33. The van der Waals surface area contributed by atoms with Crippen molar-refractivity contribution in [1.82, 2.24) is 20.2 Å². The lowest BCUT2D eigenvalue weighted by molar-refractivity contribution is 0.0286. The maximum Gasteiger partial charge on any atom is 0.226 e. The van der Waals surface area contributed by atoms with Crippen molar-refractivity contribution < 1.29 is 18.6 Å². The van der Waals surface area contributed by atoms with Crippen LogP contribution in [0.25, 0.3) is 22.5 Å². The zero-order chi connectivity index (χ0) is 18.2. The first-order valence-corrected chi connectivity index (χ1v) is 9.02. The fraction of sp³-hybridized carbons (Fsp3) is 0.444. The van der Waals surface area contributed by atoms with Crippen molar-refractivity contribution in [2.45, 2.75) is 0 Å². The van der Waals surface area contributed by atoms with E-state index in [1.807, 2.05) is 6.07 Å². The van der Waals surface area contributed by atoms with Gasteiger partial charge in [-0.25, -0.2) is 9.61 Å². The Morgan fingerprint density at radius 1 is 1.19 bits per heavy atom. The number of fused-ring (bicyclic) bond motifs is 1. The molecule has 140 valence electrons. The number of nitrogens with zero attached hydrogens (tertiary/aromatic N) is 5. The zero-order valence-corrected chi connectivity index (χ0v) is 14.7. The van der Waals surface area contributed by atoms with Gasteiger partial charge in [0.2, 0.25) is 5.89 Å². The molecule has 5 rings (SSSR count). The largest absolute Gasteiger partial charge is 0.444 e. The van der Waals surface area contributed by atoms with E-state index >= 15 is 0 Å². The Morgan fingerprint density at radius 3 is 2.81 bits per heavy atom. The topological polar surface area (TPSA) is 97.7 Å². The number of ether oxygens (including phenoxy) is 1. The summed E-state index contributed by atoms with van der Waals surface area (Å²) < 4.78 is 15.8. The monoisotopic (exact) mass is 369 g/mol. The van der Waals surface area contributed by atoms with Crippen LogP contribution in [-0.2, 0) is 4.74 Å². The number of hydrogen-bond donors (Lipinski definition) is 0. The molecule has 2 aromatic heterocycles. The number of aromatic nitrogens is 3. The molecule has 0 amide bonds. The van der Waals surface area contributed by atoms with Gasteiger partial charge in [0.15, 0.2) is 11.8 Å². The van der Waals surface area contributed by atoms with E-state index in [1.54, 1.807) is 6.07 Å². The lowest BCUT2D eigenvalue weighted by Gasteiger charge is -2.43. The molecule has 2 aliphatic heterocycles. The predicted molar refractivity (Wildman–Crippen MR) is 95.7 cm³/mol. The molecule has 0 unspecified atom stereocenters. The van der Waals surface area contributed by atoms with Gasteiger partial charge < -0.3 is 14.1 Å². The van der Waals surface area contributed by atoms with Crippen LogP contribution in [0, 0.1) is 5.92 Å². The molecule has 0 N–H and O–H groups in total. The van der Waals surface area contributed by atoms with E-state index in [1.165, 1.54) is 6.26 Å². The van der Waals surface area contributed by atoms with Crippen molar-refractivity contribution in [2.24, 2.45) is 5.92 Å². The molecule has 9 heteroatoms. The van der Waals surface area contributed by atoms with Crippen LogP contribution in [0.1, 0.15) is 10.5 Å². The molecule has 0 aliphatic carbocycles. The number of benzene rings is 1. The number of carbonyl (C=O) groups excluding carboxylic acids is 1. The van der Waals surface area contributed by atoms with Crippen molar-refractivity contribution in [1.29, 1.82) is 0 Å². The fourth-order valence-electron chi connectivity index (χ4n) is 3.74. The minimum absolute atomic E-state index is 0.263. The summed E-state index contributed by atoms with van der Waals surface area (Å²) in [6.45, 7) is 6.65.